The molecule has 0 saturated carbocycles. The summed E-state index contributed by atoms with van der Waals surface area (Å²) < 4.78 is 22.9. The van der Waals surface area contributed by atoms with E-state index in [9.17, 15) is 18.0 Å². The summed E-state index contributed by atoms with van der Waals surface area (Å²) in [5.41, 5.74) is 2.35. The van der Waals surface area contributed by atoms with Crippen molar-refractivity contribution < 1.29 is 13.2 Å². The molecule has 146 valence electrons. The molecule has 3 rings (SSSR count). The van der Waals surface area contributed by atoms with Crippen LogP contribution in [0.25, 0.3) is 10.9 Å². The Hall–Kier alpha value is -2.15. The van der Waals surface area contributed by atoms with Crippen molar-refractivity contribution in [3.8, 4) is 0 Å². The van der Waals surface area contributed by atoms with Crippen molar-refractivity contribution in [1.29, 1.82) is 0 Å². The lowest BCUT2D eigenvalue weighted by Crippen LogP contribution is -2.26. The highest BCUT2D eigenvalue weighted by Crippen LogP contribution is 2.22. The average molecular weight is 391 g/mol. The van der Waals surface area contributed by atoms with Gasteiger partial charge in [0.2, 0.25) is 5.91 Å². The SMILES string of the molecule is Cc1ccc2cc(CCC(=O)NCCCC3CCS(=O)(=O)C3)c(=O)[nH]c2c1. The van der Waals surface area contributed by atoms with Crippen molar-refractivity contribution in [2.24, 2.45) is 5.92 Å². The van der Waals surface area contributed by atoms with Crippen LogP contribution in [0.3, 0.4) is 0 Å². The van der Waals surface area contributed by atoms with Gasteiger partial charge in [-0.2, -0.15) is 0 Å². The van der Waals surface area contributed by atoms with Crippen LogP contribution >= 0.6 is 0 Å². The van der Waals surface area contributed by atoms with E-state index in [1.54, 1.807) is 0 Å². The van der Waals surface area contributed by atoms with Crippen molar-refractivity contribution in [2.75, 3.05) is 18.1 Å². The number of benzene rings is 1. The summed E-state index contributed by atoms with van der Waals surface area (Å²) in [6, 6.07) is 7.74. The summed E-state index contributed by atoms with van der Waals surface area (Å²) in [4.78, 5) is 27.1. The number of hydrogen-bond donors (Lipinski definition) is 2. The van der Waals surface area contributed by atoms with Gasteiger partial charge in [0.25, 0.3) is 5.56 Å². The lowest BCUT2D eigenvalue weighted by atomic mass is 10.0. The monoisotopic (exact) mass is 390 g/mol. The first-order valence-electron chi connectivity index (χ1n) is 9.42. The second kappa shape index (κ2) is 8.25. The molecule has 6 nitrogen and oxygen atoms in total. The molecule has 0 radical (unpaired) electrons. The molecule has 2 heterocycles. The average Bonchev–Trinajstić information content (AvgIpc) is 2.96. The highest BCUT2D eigenvalue weighted by Gasteiger charge is 2.27. The Morgan fingerprint density at radius 3 is 2.85 bits per heavy atom. The van der Waals surface area contributed by atoms with Crippen molar-refractivity contribution in [2.45, 2.75) is 39.0 Å². The van der Waals surface area contributed by atoms with Crippen LogP contribution in [0.5, 0.6) is 0 Å². The molecule has 7 heteroatoms. The van der Waals surface area contributed by atoms with Gasteiger partial charge in [0.05, 0.1) is 11.5 Å². The third-order valence-electron chi connectivity index (χ3n) is 5.14. The van der Waals surface area contributed by atoms with E-state index in [1.165, 1.54) is 0 Å². The minimum absolute atomic E-state index is 0.0857. The summed E-state index contributed by atoms with van der Waals surface area (Å²) in [6.07, 6.45) is 3.00. The number of sulfone groups is 1. The lowest BCUT2D eigenvalue weighted by Gasteiger charge is -2.09. The first kappa shape index (κ1) is 19.6. The van der Waals surface area contributed by atoms with Gasteiger partial charge in [-0.25, -0.2) is 8.42 Å². The number of aryl methyl sites for hydroxylation is 2. The van der Waals surface area contributed by atoms with Crippen LogP contribution in [0.2, 0.25) is 0 Å². The molecule has 2 N–H and O–H groups in total. The van der Waals surface area contributed by atoms with E-state index >= 15 is 0 Å². The second-order valence-electron chi connectivity index (χ2n) is 7.48. The van der Waals surface area contributed by atoms with Crippen molar-refractivity contribution in [1.82, 2.24) is 10.3 Å². The van der Waals surface area contributed by atoms with Gasteiger partial charge in [0.15, 0.2) is 9.84 Å². The molecule has 1 aliphatic heterocycles. The molecule has 1 aromatic carbocycles. The van der Waals surface area contributed by atoms with Gasteiger partial charge in [0.1, 0.15) is 0 Å². The van der Waals surface area contributed by atoms with E-state index in [0.29, 0.717) is 24.3 Å². The van der Waals surface area contributed by atoms with Crippen molar-refractivity contribution in [3.63, 3.8) is 0 Å². The highest BCUT2D eigenvalue weighted by atomic mass is 32.2. The fraction of sp³-hybridized carbons (Fsp3) is 0.500. The number of hydrogen-bond acceptors (Lipinski definition) is 4. The number of pyridine rings is 1. The number of aromatic nitrogens is 1. The maximum atomic E-state index is 12.2. The molecule has 1 atom stereocenters. The van der Waals surface area contributed by atoms with E-state index in [0.717, 1.165) is 35.7 Å². The van der Waals surface area contributed by atoms with E-state index in [4.69, 9.17) is 0 Å². The molecule has 1 unspecified atom stereocenters. The Bertz CT molecular complexity index is 995. The third kappa shape index (κ3) is 5.42. The zero-order chi connectivity index (χ0) is 19.4. The van der Waals surface area contributed by atoms with Crippen LogP contribution in [0.1, 0.15) is 36.8 Å². The number of H-pyrrole nitrogens is 1. The molecule has 0 bridgehead atoms. The lowest BCUT2D eigenvalue weighted by molar-refractivity contribution is -0.121. The number of amides is 1. The fourth-order valence-corrected chi connectivity index (χ4v) is 5.51. The van der Waals surface area contributed by atoms with Crippen molar-refractivity contribution in [3.05, 3.63) is 45.7 Å². The Balaban J connectivity index is 1.44. The molecule has 1 aromatic heterocycles. The Morgan fingerprint density at radius 2 is 2.11 bits per heavy atom. The third-order valence-corrected chi connectivity index (χ3v) is 6.97. The van der Waals surface area contributed by atoms with Crippen LogP contribution in [-0.4, -0.2) is 37.4 Å². The first-order valence-corrected chi connectivity index (χ1v) is 11.2. The molecule has 1 fully saturated rings. The zero-order valence-corrected chi connectivity index (χ0v) is 16.4. The molecule has 27 heavy (non-hydrogen) atoms. The number of aromatic amines is 1. The van der Waals surface area contributed by atoms with E-state index in [1.807, 2.05) is 31.2 Å². The minimum Gasteiger partial charge on any atom is -0.356 e. The van der Waals surface area contributed by atoms with Crippen LogP contribution in [0, 0.1) is 12.8 Å². The molecule has 0 aliphatic carbocycles. The molecule has 1 saturated heterocycles. The van der Waals surface area contributed by atoms with Gasteiger partial charge in [-0.3, -0.25) is 9.59 Å². The maximum Gasteiger partial charge on any atom is 0.251 e. The van der Waals surface area contributed by atoms with Crippen LogP contribution in [0.4, 0.5) is 0 Å². The summed E-state index contributed by atoms with van der Waals surface area (Å²) in [7, 11) is -2.83. The summed E-state index contributed by atoms with van der Waals surface area (Å²) in [6.45, 7) is 2.52. The van der Waals surface area contributed by atoms with Crippen molar-refractivity contribution >= 4 is 26.6 Å². The molecule has 1 aliphatic rings. The van der Waals surface area contributed by atoms with Crippen LogP contribution in [0.15, 0.2) is 29.1 Å². The fourth-order valence-electron chi connectivity index (χ4n) is 3.60. The Kier molecular flexibility index (Phi) is 5.99. The van der Waals surface area contributed by atoms with Gasteiger partial charge in [0, 0.05) is 24.0 Å². The zero-order valence-electron chi connectivity index (χ0n) is 15.6. The number of nitrogens with one attached hydrogen (secondary N) is 2. The Labute approximate surface area is 159 Å². The van der Waals surface area contributed by atoms with Gasteiger partial charge < -0.3 is 10.3 Å². The Morgan fingerprint density at radius 1 is 1.30 bits per heavy atom. The van der Waals surface area contributed by atoms with Gasteiger partial charge in [-0.1, -0.05) is 12.1 Å². The smallest absolute Gasteiger partial charge is 0.251 e. The van der Waals surface area contributed by atoms with Gasteiger partial charge >= 0.3 is 0 Å². The number of rotatable bonds is 7. The summed E-state index contributed by atoms with van der Waals surface area (Å²) >= 11 is 0. The highest BCUT2D eigenvalue weighted by molar-refractivity contribution is 7.91. The van der Waals surface area contributed by atoms with Crippen LogP contribution < -0.4 is 10.9 Å². The molecular formula is C20H26N2O4S. The number of carbonyl (C=O) groups excluding carboxylic acids is 1. The standard InChI is InChI=1S/C20H26N2O4S/c1-14-4-5-16-12-17(20(24)22-18(16)11-14)6-7-19(23)21-9-2-3-15-8-10-27(25,26)13-15/h4-5,11-12,15H,2-3,6-10,13H2,1H3,(H,21,23)(H,22,24). The predicted molar refractivity (Wildman–Crippen MR) is 107 cm³/mol. The van der Waals surface area contributed by atoms with Crippen LogP contribution in [-0.2, 0) is 21.1 Å². The first-order chi connectivity index (χ1) is 12.8. The summed E-state index contributed by atoms with van der Waals surface area (Å²) in [5.74, 6) is 0.721. The summed E-state index contributed by atoms with van der Waals surface area (Å²) in [5, 5.41) is 3.82. The topological polar surface area (TPSA) is 96.1 Å². The van der Waals surface area contributed by atoms with E-state index in [2.05, 4.69) is 10.3 Å². The number of fused-ring (bicyclic) bond motifs is 1. The normalized spacial score (nSPS) is 18.6. The van der Waals surface area contributed by atoms with Gasteiger partial charge in [-0.15, -0.1) is 0 Å². The maximum absolute atomic E-state index is 12.2. The second-order valence-corrected chi connectivity index (χ2v) is 9.70. The molecule has 0 spiro atoms. The quantitative estimate of drug-likeness (QED) is 0.708. The predicted octanol–water partition coefficient (Wildman–Crippen LogP) is 2.10. The molecule has 1 amide bonds. The van der Waals surface area contributed by atoms with Gasteiger partial charge in [-0.05, 0) is 61.6 Å². The number of carbonyl (C=O) groups is 1. The molecular weight excluding hydrogens is 364 g/mol. The molecule has 2 aromatic rings. The van der Waals surface area contributed by atoms with E-state index in [-0.39, 0.29) is 29.6 Å². The minimum atomic E-state index is -2.83. The van der Waals surface area contributed by atoms with E-state index < -0.39 is 9.84 Å². The largest absolute Gasteiger partial charge is 0.356 e.